The molecule has 1 aliphatic heterocycles. The van der Waals surface area contributed by atoms with Crippen LogP contribution in [-0.2, 0) is 14.8 Å². The lowest BCUT2D eigenvalue weighted by Crippen LogP contribution is -2.48. The van der Waals surface area contributed by atoms with Gasteiger partial charge in [0, 0.05) is 18.7 Å². The van der Waals surface area contributed by atoms with Crippen LogP contribution in [0.25, 0.3) is 10.6 Å². The van der Waals surface area contributed by atoms with E-state index in [1.54, 1.807) is 0 Å². The van der Waals surface area contributed by atoms with Crippen LogP contribution in [0.1, 0.15) is 12.8 Å². The van der Waals surface area contributed by atoms with Crippen molar-refractivity contribution in [3.8, 4) is 10.6 Å². The molecule has 1 unspecified atom stereocenters. The summed E-state index contributed by atoms with van der Waals surface area (Å²) in [5.74, 6) is -0.379. The molecule has 2 heterocycles. The van der Waals surface area contributed by atoms with Crippen LogP contribution in [0.5, 0.6) is 0 Å². The lowest BCUT2D eigenvalue weighted by Gasteiger charge is -2.36. The monoisotopic (exact) mass is 384 g/mol. The van der Waals surface area contributed by atoms with Gasteiger partial charge in [-0.3, -0.25) is 0 Å². The number of hydrogen-bond donors (Lipinski definition) is 1. The highest BCUT2D eigenvalue weighted by Gasteiger charge is 2.40. The molecule has 1 aromatic carbocycles. The van der Waals surface area contributed by atoms with Crippen LogP contribution in [0, 0.1) is 11.2 Å². The third-order valence-corrected chi connectivity index (χ3v) is 7.64. The molecule has 0 saturated carbocycles. The second-order valence-electron chi connectivity index (χ2n) is 6.07. The Morgan fingerprint density at radius 3 is 2.72 bits per heavy atom. The zero-order valence-corrected chi connectivity index (χ0v) is 14.9. The molecular weight excluding hydrogens is 367 g/mol. The second-order valence-corrected chi connectivity index (χ2v) is 9.27. The van der Waals surface area contributed by atoms with E-state index in [0.29, 0.717) is 36.2 Å². The number of carbonyl (C=O) groups excluding carboxylic acids is 1. The molecular formula is C16H17FN2O4S2. The van der Waals surface area contributed by atoms with Crippen molar-refractivity contribution in [1.29, 1.82) is 0 Å². The van der Waals surface area contributed by atoms with E-state index in [0.717, 1.165) is 11.3 Å². The first kappa shape index (κ1) is 18.1. The molecule has 1 N–H and O–H groups in total. The average Bonchev–Trinajstić information content (AvgIpc) is 3.13. The van der Waals surface area contributed by atoms with Gasteiger partial charge in [-0.15, -0.1) is 11.3 Å². The number of sulfonamides is 1. The molecule has 9 heteroatoms. The summed E-state index contributed by atoms with van der Waals surface area (Å²) in [7, 11) is -3.80. The van der Waals surface area contributed by atoms with E-state index in [1.165, 1.54) is 34.8 Å². The number of aromatic nitrogens is 1. The van der Waals surface area contributed by atoms with Crippen molar-refractivity contribution in [2.75, 3.05) is 19.7 Å². The van der Waals surface area contributed by atoms with Crippen molar-refractivity contribution in [2.45, 2.75) is 17.1 Å². The quantitative estimate of drug-likeness (QED) is 0.796. The highest BCUT2D eigenvalue weighted by atomic mass is 32.2. The van der Waals surface area contributed by atoms with E-state index in [4.69, 9.17) is 0 Å². The van der Waals surface area contributed by atoms with Crippen LogP contribution < -0.4 is 0 Å². The van der Waals surface area contributed by atoms with Gasteiger partial charge in [-0.1, -0.05) is 0 Å². The Morgan fingerprint density at radius 1 is 1.36 bits per heavy atom. The van der Waals surface area contributed by atoms with E-state index >= 15 is 0 Å². The third-order valence-electron chi connectivity index (χ3n) is 4.31. The third kappa shape index (κ3) is 3.50. The Morgan fingerprint density at radius 2 is 2.08 bits per heavy atom. The SMILES string of the molecule is O=CC1(CO)CCCN(S(=O)(=O)c2cnc(-c3ccc(F)cc3)s2)C1. The van der Waals surface area contributed by atoms with Gasteiger partial charge < -0.3 is 9.90 Å². The van der Waals surface area contributed by atoms with Crippen LogP contribution in [-0.4, -0.2) is 48.8 Å². The number of halogens is 1. The van der Waals surface area contributed by atoms with Gasteiger partial charge in [0.05, 0.1) is 18.2 Å². The van der Waals surface area contributed by atoms with E-state index in [1.807, 2.05) is 0 Å². The van der Waals surface area contributed by atoms with Crippen LogP contribution in [0.15, 0.2) is 34.7 Å². The normalized spacial score (nSPS) is 22.0. The molecule has 0 aliphatic carbocycles. The molecule has 0 bridgehead atoms. The first-order valence-electron chi connectivity index (χ1n) is 7.69. The molecule has 25 heavy (non-hydrogen) atoms. The molecule has 0 amide bonds. The zero-order chi connectivity index (χ0) is 18.1. The maximum atomic E-state index is 13.0. The highest BCUT2D eigenvalue weighted by molar-refractivity contribution is 7.91. The highest BCUT2D eigenvalue weighted by Crippen LogP contribution is 2.34. The van der Waals surface area contributed by atoms with E-state index < -0.39 is 15.4 Å². The average molecular weight is 384 g/mol. The lowest BCUT2D eigenvalue weighted by molar-refractivity contribution is -0.120. The number of thiazole rings is 1. The van der Waals surface area contributed by atoms with Gasteiger partial charge in [0.2, 0.25) is 0 Å². The van der Waals surface area contributed by atoms with Gasteiger partial charge in [0.15, 0.2) is 4.21 Å². The Labute approximate surface area is 149 Å². The van der Waals surface area contributed by atoms with Crippen molar-refractivity contribution < 1.29 is 22.7 Å². The van der Waals surface area contributed by atoms with Crippen LogP contribution in [0.4, 0.5) is 4.39 Å². The number of nitrogens with zero attached hydrogens (tertiary/aromatic N) is 2. The van der Waals surface area contributed by atoms with Crippen molar-refractivity contribution in [3.05, 3.63) is 36.3 Å². The van der Waals surface area contributed by atoms with Gasteiger partial charge in [-0.25, -0.2) is 17.8 Å². The summed E-state index contributed by atoms with van der Waals surface area (Å²) in [5.41, 5.74) is -0.417. The Bertz CT molecular complexity index is 867. The molecule has 2 aromatic rings. The van der Waals surface area contributed by atoms with Crippen molar-refractivity contribution in [3.63, 3.8) is 0 Å². The standard InChI is InChI=1S/C16H17FN2O4S2/c17-13-4-2-12(3-5-13)15-18-8-14(24-15)25(22,23)19-7-1-6-16(9-19,10-20)11-21/h2-5,8,10,21H,1,6-7,9,11H2. The minimum atomic E-state index is -3.80. The topological polar surface area (TPSA) is 87.6 Å². The molecule has 1 fully saturated rings. The molecule has 1 saturated heterocycles. The predicted octanol–water partition coefficient (Wildman–Crippen LogP) is 1.91. The molecule has 0 spiro atoms. The van der Waals surface area contributed by atoms with Gasteiger partial charge in [-0.05, 0) is 37.1 Å². The van der Waals surface area contributed by atoms with Gasteiger partial charge in [-0.2, -0.15) is 4.31 Å². The maximum Gasteiger partial charge on any atom is 0.254 e. The van der Waals surface area contributed by atoms with E-state index in [2.05, 4.69) is 4.98 Å². The van der Waals surface area contributed by atoms with Gasteiger partial charge in [0.25, 0.3) is 10.0 Å². The number of aldehydes is 1. The van der Waals surface area contributed by atoms with Gasteiger partial charge >= 0.3 is 0 Å². The number of carbonyl (C=O) groups is 1. The Balaban J connectivity index is 1.88. The second kappa shape index (κ2) is 6.91. The minimum Gasteiger partial charge on any atom is -0.395 e. The summed E-state index contributed by atoms with van der Waals surface area (Å²) in [6.07, 6.45) is 2.88. The van der Waals surface area contributed by atoms with Crippen LogP contribution in [0.3, 0.4) is 0 Å². The number of rotatable bonds is 5. The first-order valence-corrected chi connectivity index (χ1v) is 9.95. The minimum absolute atomic E-state index is 0.0425. The molecule has 3 rings (SSSR count). The summed E-state index contributed by atoms with van der Waals surface area (Å²) >= 11 is 0.994. The van der Waals surface area contributed by atoms with Gasteiger partial charge in [0.1, 0.15) is 17.1 Å². The maximum absolute atomic E-state index is 13.0. The van der Waals surface area contributed by atoms with Crippen molar-refractivity contribution in [2.24, 2.45) is 5.41 Å². The van der Waals surface area contributed by atoms with Crippen LogP contribution >= 0.6 is 11.3 Å². The fraction of sp³-hybridized carbons (Fsp3) is 0.375. The number of aliphatic hydroxyl groups excluding tert-OH is 1. The molecule has 1 aromatic heterocycles. The largest absolute Gasteiger partial charge is 0.395 e. The smallest absolute Gasteiger partial charge is 0.254 e. The molecule has 1 aliphatic rings. The number of piperidine rings is 1. The van der Waals surface area contributed by atoms with E-state index in [-0.39, 0.29) is 23.2 Å². The fourth-order valence-corrected chi connectivity index (χ4v) is 5.68. The zero-order valence-electron chi connectivity index (χ0n) is 13.3. The summed E-state index contributed by atoms with van der Waals surface area (Å²) in [4.78, 5) is 15.4. The molecule has 0 radical (unpaired) electrons. The number of hydrogen-bond acceptors (Lipinski definition) is 6. The summed E-state index contributed by atoms with van der Waals surface area (Å²) in [5, 5.41) is 9.95. The van der Waals surface area contributed by atoms with Crippen molar-refractivity contribution >= 4 is 27.6 Å². The molecule has 6 nitrogen and oxygen atoms in total. The Kier molecular flexibility index (Phi) is 5.01. The molecule has 134 valence electrons. The summed E-state index contributed by atoms with van der Waals surface area (Å²) in [6, 6.07) is 5.65. The number of aliphatic hydroxyl groups is 1. The fourth-order valence-electron chi connectivity index (χ4n) is 2.82. The Hall–Kier alpha value is -1.68. The van der Waals surface area contributed by atoms with Crippen molar-refractivity contribution in [1.82, 2.24) is 9.29 Å². The summed E-state index contributed by atoms with van der Waals surface area (Å²) < 4.78 is 40.0. The predicted molar refractivity (Wildman–Crippen MR) is 91.1 cm³/mol. The first-order chi connectivity index (χ1) is 11.9. The van der Waals surface area contributed by atoms with E-state index in [9.17, 15) is 22.7 Å². The number of benzene rings is 1. The van der Waals surface area contributed by atoms with Crippen LogP contribution in [0.2, 0.25) is 0 Å². The lowest BCUT2D eigenvalue weighted by atomic mass is 9.83. The summed E-state index contributed by atoms with van der Waals surface area (Å²) in [6.45, 7) is -0.132. The molecule has 1 atom stereocenters.